The van der Waals surface area contributed by atoms with Gasteiger partial charge in [-0.25, -0.2) is 8.42 Å². The van der Waals surface area contributed by atoms with Gasteiger partial charge in [0, 0.05) is 18.9 Å². The zero-order valence-electron chi connectivity index (χ0n) is 11.2. The predicted octanol–water partition coefficient (Wildman–Crippen LogP) is 2.11. The lowest BCUT2D eigenvalue weighted by Crippen LogP contribution is -2.15. The highest BCUT2D eigenvalue weighted by molar-refractivity contribution is 9.10. The van der Waals surface area contributed by atoms with Gasteiger partial charge in [-0.1, -0.05) is 6.07 Å². The third-order valence-electron chi connectivity index (χ3n) is 2.77. The van der Waals surface area contributed by atoms with Gasteiger partial charge in [-0.15, -0.1) is 0 Å². The van der Waals surface area contributed by atoms with Gasteiger partial charge in [0.05, 0.1) is 17.3 Å². The monoisotopic (exact) mass is 371 g/mol. The summed E-state index contributed by atoms with van der Waals surface area (Å²) in [4.78, 5) is 3.92. The number of hydrogen-bond donors (Lipinski definition) is 2. The van der Waals surface area contributed by atoms with E-state index in [1.54, 1.807) is 18.2 Å². The smallest absolute Gasteiger partial charge is 0.265 e. The maximum atomic E-state index is 12.5. The van der Waals surface area contributed by atoms with Gasteiger partial charge in [0.15, 0.2) is 0 Å². The third-order valence-corrected chi connectivity index (χ3v) is 4.79. The predicted molar refractivity (Wildman–Crippen MR) is 83.6 cm³/mol. The van der Waals surface area contributed by atoms with Gasteiger partial charge in [-0.05, 0) is 39.7 Å². The van der Waals surface area contributed by atoms with Crippen LogP contribution in [-0.4, -0.2) is 20.5 Å². The Morgan fingerprint density at radius 1 is 1.38 bits per heavy atom. The molecule has 0 aliphatic carbocycles. The van der Waals surface area contributed by atoms with Crippen molar-refractivity contribution in [2.75, 3.05) is 11.8 Å². The number of hydrogen-bond acceptors (Lipinski definition) is 5. The molecule has 0 spiro atoms. The summed E-state index contributed by atoms with van der Waals surface area (Å²) >= 11 is 3.24. The van der Waals surface area contributed by atoms with E-state index in [-0.39, 0.29) is 17.2 Å². The van der Waals surface area contributed by atoms with Crippen LogP contribution in [0.25, 0.3) is 0 Å². The van der Waals surface area contributed by atoms with Crippen molar-refractivity contribution in [3.63, 3.8) is 0 Å². The van der Waals surface area contributed by atoms with Crippen LogP contribution in [0.15, 0.2) is 46.0 Å². The first kappa shape index (κ1) is 15.7. The highest BCUT2D eigenvalue weighted by Gasteiger charge is 2.21. The fourth-order valence-corrected chi connectivity index (χ4v) is 3.50. The molecule has 0 unspecified atom stereocenters. The molecule has 1 aromatic carbocycles. The van der Waals surface area contributed by atoms with Gasteiger partial charge in [-0.3, -0.25) is 9.71 Å². The molecule has 0 bridgehead atoms. The first-order valence-corrected chi connectivity index (χ1v) is 8.25. The minimum atomic E-state index is -3.80. The Kier molecular flexibility index (Phi) is 4.81. The molecule has 0 aliphatic heterocycles. The summed E-state index contributed by atoms with van der Waals surface area (Å²) in [5.41, 5.74) is 6.65. The number of aromatic nitrogens is 1. The van der Waals surface area contributed by atoms with Crippen molar-refractivity contribution in [1.82, 2.24) is 4.98 Å². The fraction of sp³-hybridized carbons (Fsp3) is 0.154. The summed E-state index contributed by atoms with van der Waals surface area (Å²) in [6, 6.07) is 6.36. The Labute approximate surface area is 131 Å². The molecule has 6 nitrogen and oxygen atoms in total. The van der Waals surface area contributed by atoms with Crippen LogP contribution in [0, 0.1) is 0 Å². The standard InChI is InChI=1S/C13H14BrN3O3S/c1-20-12-3-2-9(7-15)6-13(12)21(18,19)17-11-4-5-16-8-10(11)14/h2-6,8H,7,15H2,1H3,(H,16,17). The van der Waals surface area contributed by atoms with E-state index < -0.39 is 10.0 Å². The lowest BCUT2D eigenvalue weighted by molar-refractivity contribution is 0.402. The number of ether oxygens (including phenoxy) is 1. The number of methoxy groups -OCH3 is 1. The van der Waals surface area contributed by atoms with Crippen LogP contribution < -0.4 is 15.2 Å². The molecule has 2 aromatic rings. The van der Waals surface area contributed by atoms with Crippen molar-refractivity contribution in [2.24, 2.45) is 5.73 Å². The molecule has 0 radical (unpaired) electrons. The first-order valence-electron chi connectivity index (χ1n) is 5.97. The van der Waals surface area contributed by atoms with Gasteiger partial charge in [0.1, 0.15) is 10.6 Å². The molecule has 1 aromatic heterocycles. The molecule has 21 heavy (non-hydrogen) atoms. The number of nitrogens with zero attached hydrogens (tertiary/aromatic N) is 1. The first-order chi connectivity index (χ1) is 9.97. The zero-order valence-corrected chi connectivity index (χ0v) is 13.6. The van der Waals surface area contributed by atoms with Crippen molar-refractivity contribution in [1.29, 1.82) is 0 Å². The summed E-state index contributed by atoms with van der Waals surface area (Å²) in [6.07, 6.45) is 3.00. The Hall–Kier alpha value is -1.64. The van der Waals surface area contributed by atoms with Crippen LogP contribution in [-0.2, 0) is 16.6 Å². The summed E-state index contributed by atoms with van der Waals surface area (Å²) in [5, 5.41) is 0. The quantitative estimate of drug-likeness (QED) is 0.839. The van der Waals surface area contributed by atoms with Crippen LogP contribution in [0.1, 0.15) is 5.56 Å². The average molecular weight is 372 g/mol. The lowest BCUT2D eigenvalue weighted by Gasteiger charge is -2.13. The molecular weight excluding hydrogens is 358 g/mol. The van der Waals surface area contributed by atoms with Gasteiger partial charge >= 0.3 is 0 Å². The van der Waals surface area contributed by atoms with Crippen LogP contribution >= 0.6 is 15.9 Å². The van der Waals surface area contributed by atoms with Gasteiger partial charge in [0.2, 0.25) is 0 Å². The number of benzene rings is 1. The number of anilines is 1. The van der Waals surface area contributed by atoms with E-state index in [0.29, 0.717) is 15.7 Å². The minimum Gasteiger partial charge on any atom is -0.495 e. The van der Waals surface area contributed by atoms with E-state index in [1.807, 2.05) is 0 Å². The Morgan fingerprint density at radius 2 is 2.14 bits per heavy atom. The fourth-order valence-electron chi connectivity index (χ4n) is 1.72. The molecule has 8 heteroatoms. The molecule has 2 rings (SSSR count). The van der Waals surface area contributed by atoms with E-state index in [2.05, 4.69) is 25.6 Å². The number of halogens is 1. The van der Waals surface area contributed by atoms with E-state index in [0.717, 1.165) is 0 Å². The van der Waals surface area contributed by atoms with Crippen molar-refractivity contribution < 1.29 is 13.2 Å². The van der Waals surface area contributed by atoms with E-state index in [4.69, 9.17) is 10.5 Å². The molecule has 3 N–H and O–H groups in total. The number of pyridine rings is 1. The second kappa shape index (κ2) is 6.42. The molecule has 112 valence electrons. The topological polar surface area (TPSA) is 94.3 Å². The summed E-state index contributed by atoms with van der Waals surface area (Å²) < 4.78 is 33.2. The van der Waals surface area contributed by atoms with E-state index in [9.17, 15) is 8.42 Å². The normalized spacial score (nSPS) is 11.2. The number of sulfonamides is 1. The van der Waals surface area contributed by atoms with Gasteiger partial charge in [0.25, 0.3) is 10.0 Å². The van der Waals surface area contributed by atoms with Crippen LogP contribution in [0.4, 0.5) is 5.69 Å². The maximum Gasteiger partial charge on any atom is 0.265 e. The van der Waals surface area contributed by atoms with E-state index >= 15 is 0 Å². The molecule has 0 aliphatic rings. The molecule has 1 heterocycles. The van der Waals surface area contributed by atoms with E-state index in [1.165, 1.54) is 25.6 Å². The van der Waals surface area contributed by atoms with Crippen LogP contribution in [0.5, 0.6) is 5.75 Å². The Bertz CT molecular complexity index is 750. The van der Waals surface area contributed by atoms with Crippen molar-refractivity contribution in [2.45, 2.75) is 11.4 Å². The number of nitrogens with one attached hydrogen (secondary N) is 1. The zero-order chi connectivity index (χ0) is 15.5. The molecule has 0 atom stereocenters. The molecule has 0 saturated carbocycles. The van der Waals surface area contributed by atoms with Crippen LogP contribution in [0.3, 0.4) is 0 Å². The van der Waals surface area contributed by atoms with Crippen molar-refractivity contribution in [3.05, 3.63) is 46.7 Å². The third kappa shape index (κ3) is 3.52. The highest BCUT2D eigenvalue weighted by atomic mass is 79.9. The SMILES string of the molecule is COc1ccc(CN)cc1S(=O)(=O)Nc1ccncc1Br. The summed E-state index contributed by atoms with van der Waals surface area (Å²) in [6.45, 7) is 0.242. The number of nitrogens with two attached hydrogens (primary N) is 1. The molecule has 0 fully saturated rings. The second-order valence-corrected chi connectivity index (χ2v) is 6.66. The molecule has 0 amide bonds. The van der Waals surface area contributed by atoms with Gasteiger partial charge in [-0.2, -0.15) is 0 Å². The summed E-state index contributed by atoms with van der Waals surface area (Å²) in [7, 11) is -2.38. The number of rotatable bonds is 5. The highest BCUT2D eigenvalue weighted by Crippen LogP contribution is 2.29. The lowest BCUT2D eigenvalue weighted by atomic mass is 10.2. The second-order valence-electron chi connectivity index (χ2n) is 4.15. The largest absolute Gasteiger partial charge is 0.495 e. The Balaban J connectivity index is 2.46. The maximum absolute atomic E-state index is 12.5. The van der Waals surface area contributed by atoms with Gasteiger partial charge < -0.3 is 10.5 Å². The van der Waals surface area contributed by atoms with Crippen LogP contribution in [0.2, 0.25) is 0 Å². The van der Waals surface area contributed by atoms with Crippen molar-refractivity contribution >= 4 is 31.6 Å². The minimum absolute atomic E-state index is 0.0386. The average Bonchev–Trinajstić information content (AvgIpc) is 2.48. The molecular formula is C13H14BrN3O3S. The summed E-state index contributed by atoms with van der Waals surface area (Å²) in [5.74, 6) is 0.255. The van der Waals surface area contributed by atoms with Crippen molar-refractivity contribution in [3.8, 4) is 5.75 Å². The molecule has 0 saturated heterocycles. The Morgan fingerprint density at radius 3 is 2.76 bits per heavy atom.